The van der Waals surface area contributed by atoms with Crippen LogP contribution in [-0.2, 0) is 4.74 Å². The van der Waals surface area contributed by atoms with E-state index in [-0.39, 0.29) is 26.1 Å². The average Bonchev–Trinajstić information content (AvgIpc) is 2.26. The zero-order valence-corrected chi connectivity index (χ0v) is 11.8. The van der Waals surface area contributed by atoms with Crippen LogP contribution in [0.25, 0.3) is 0 Å². The standard InChI is InChI=1S/C13H26F3NO2/c1-11(2)5-3-8-19-10-12(18)9-17-7-4-6-13(14,15)16/h11-12,17-18H,3-10H2,1-2H3. The van der Waals surface area contributed by atoms with E-state index in [1.165, 1.54) is 0 Å². The van der Waals surface area contributed by atoms with Crippen LogP contribution >= 0.6 is 0 Å². The Bertz CT molecular complexity index is 211. The summed E-state index contributed by atoms with van der Waals surface area (Å²) < 4.78 is 40.8. The fraction of sp³-hybridized carbons (Fsp3) is 1.00. The minimum Gasteiger partial charge on any atom is -0.389 e. The number of rotatable bonds is 11. The van der Waals surface area contributed by atoms with E-state index >= 15 is 0 Å². The molecule has 0 radical (unpaired) electrons. The van der Waals surface area contributed by atoms with Gasteiger partial charge in [0.1, 0.15) is 0 Å². The van der Waals surface area contributed by atoms with Crippen LogP contribution in [0.2, 0.25) is 0 Å². The van der Waals surface area contributed by atoms with Crippen LogP contribution in [0.1, 0.15) is 39.5 Å². The fourth-order valence-electron chi connectivity index (χ4n) is 1.55. The third-order valence-electron chi connectivity index (χ3n) is 2.57. The molecular weight excluding hydrogens is 259 g/mol. The van der Waals surface area contributed by atoms with Gasteiger partial charge in [0.2, 0.25) is 0 Å². The third-order valence-corrected chi connectivity index (χ3v) is 2.57. The summed E-state index contributed by atoms with van der Waals surface area (Å²) in [7, 11) is 0. The second kappa shape index (κ2) is 10.5. The van der Waals surface area contributed by atoms with Gasteiger partial charge < -0.3 is 15.2 Å². The third kappa shape index (κ3) is 15.6. The largest absolute Gasteiger partial charge is 0.389 e. The molecule has 0 bridgehead atoms. The number of aliphatic hydroxyl groups excluding tert-OH is 1. The van der Waals surface area contributed by atoms with Gasteiger partial charge in [-0.25, -0.2) is 0 Å². The molecule has 0 spiro atoms. The predicted molar refractivity (Wildman–Crippen MR) is 69.1 cm³/mol. The summed E-state index contributed by atoms with van der Waals surface area (Å²) in [6, 6.07) is 0. The van der Waals surface area contributed by atoms with Crippen LogP contribution < -0.4 is 5.32 Å². The summed E-state index contributed by atoms with van der Waals surface area (Å²) in [4.78, 5) is 0. The number of hydrogen-bond donors (Lipinski definition) is 2. The van der Waals surface area contributed by atoms with Crippen LogP contribution in [0.3, 0.4) is 0 Å². The number of ether oxygens (including phenoxy) is 1. The number of nitrogens with one attached hydrogen (secondary N) is 1. The van der Waals surface area contributed by atoms with Crippen molar-refractivity contribution in [3.63, 3.8) is 0 Å². The first-order chi connectivity index (χ1) is 8.81. The predicted octanol–water partition coefficient (Wildman–Crippen LogP) is 2.73. The highest BCUT2D eigenvalue weighted by Crippen LogP contribution is 2.20. The normalized spacial score (nSPS) is 14.1. The van der Waals surface area contributed by atoms with Gasteiger partial charge in [-0.2, -0.15) is 13.2 Å². The summed E-state index contributed by atoms with van der Waals surface area (Å²) in [6.45, 7) is 5.64. The summed E-state index contributed by atoms with van der Waals surface area (Å²) in [5, 5.41) is 12.3. The van der Waals surface area contributed by atoms with Gasteiger partial charge in [0.05, 0.1) is 12.7 Å². The van der Waals surface area contributed by atoms with E-state index in [2.05, 4.69) is 19.2 Å². The van der Waals surface area contributed by atoms with Crippen LogP contribution in [0.15, 0.2) is 0 Å². The molecule has 0 aliphatic heterocycles. The molecule has 0 heterocycles. The molecule has 116 valence electrons. The molecule has 0 aliphatic rings. The number of aliphatic hydroxyl groups is 1. The number of hydrogen-bond acceptors (Lipinski definition) is 3. The molecular formula is C13H26F3NO2. The topological polar surface area (TPSA) is 41.5 Å². The summed E-state index contributed by atoms with van der Waals surface area (Å²) in [5.74, 6) is 0.642. The Morgan fingerprint density at radius 2 is 1.89 bits per heavy atom. The quantitative estimate of drug-likeness (QED) is 0.574. The van der Waals surface area contributed by atoms with Crippen molar-refractivity contribution in [1.82, 2.24) is 5.32 Å². The smallest absolute Gasteiger partial charge is 0.389 e. The van der Waals surface area contributed by atoms with Crippen molar-refractivity contribution in [3.05, 3.63) is 0 Å². The van der Waals surface area contributed by atoms with Crippen LogP contribution in [0.5, 0.6) is 0 Å². The summed E-state index contributed by atoms with van der Waals surface area (Å²) in [5.41, 5.74) is 0. The van der Waals surface area contributed by atoms with E-state index in [1.54, 1.807) is 0 Å². The SMILES string of the molecule is CC(C)CCCOCC(O)CNCCCC(F)(F)F. The second-order valence-corrected chi connectivity index (χ2v) is 5.19. The van der Waals surface area contributed by atoms with Gasteiger partial charge in [-0.1, -0.05) is 13.8 Å². The lowest BCUT2D eigenvalue weighted by atomic mass is 10.1. The van der Waals surface area contributed by atoms with Crippen LogP contribution in [-0.4, -0.2) is 43.7 Å². The summed E-state index contributed by atoms with van der Waals surface area (Å²) in [6.07, 6.45) is -3.47. The van der Waals surface area contributed by atoms with Crippen molar-refractivity contribution >= 4 is 0 Å². The van der Waals surface area contributed by atoms with Gasteiger partial charge in [0, 0.05) is 19.6 Å². The number of halogens is 3. The lowest BCUT2D eigenvalue weighted by Gasteiger charge is -2.13. The molecule has 0 saturated heterocycles. The molecule has 3 nitrogen and oxygen atoms in total. The van der Waals surface area contributed by atoms with Crippen molar-refractivity contribution in [2.75, 3.05) is 26.3 Å². The maximum absolute atomic E-state index is 11.8. The molecule has 0 amide bonds. The van der Waals surface area contributed by atoms with E-state index in [0.717, 1.165) is 12.8 Å². The van der Waals surface area contributed by atoms with Crippen molar-refractivity contribution in [2.45, 2.75) is 51.8 Å². The minimum atomic E-state index is -4.10. The zero-order valence-electron chi connectivity index (χ0n) is 11.8. The molecule has 2 N–H and O–H groups in total. The molecule has 0 saturated carbocycles. The molecule has 0 aromatic rings. The first-order valence-corrected chi connectivity index (χ1v) is 6.84. The molecule has 0 fully saturated rings. The van der Waals surface area contributed by atoms with Crippen molar-refractivity contribution < 1.29 is 23.0 Å². The molecule has 19 heavy (non-hydrogen) atoms. The Balaban J connectivity index is 3.28. The van der Waals surface area contributed by atoms with Gasteiger partial charge in [0.15, 0.2) is 0 Å². The molecule has 1 atom stereocenters. The Morgan fingerprint density at radius 3 is 2.47 bits per heavy atom. The van der Waals surface area contributed by atoms with Gasteiger partial charge in [-0.15, -0.1) is 0 Å². The molecule has 0 aliphatic carbocycles. The highest BCUT2D eigenvalue weighted by atomic mass is 19.4. The van der Waals surface area contributed by atoms with Gasteiger partial charge in [0.25, 0.3) is 0 Å². The Hall–Kier alpha value is -0.330. The van der Waals surface area contributed by atoms with E-state index < -0.39 is 18.7 Å². The van der Waals surface area contributed by atoms with E-state index in [9.17, 15) is 18.3 Å². The van der Waals surface area contributed by atoms with Crippen molar-refractivity contribution in [3.8, 4) is 0 Å². The summed E-state index contributed by atoms with van der Waals surface area (Å²) >= 11 is 0. The average molecular weight is 285 g/mol. The van der Waals surface area contributed by atoms with Crippen molar-refractivity contribution in [1.29, 1.82) is 0 Å². The van der Waals surface area contributed by atoms with Gasteiger partial charge in [-0.05, 0) is 31.7 Å². The molecule has 0 aromatic heterocycles. The Morgan fingerprint density at radius 1 is 1.21 bits per heavy atom. The number of alkyl halides is 3. The molecule has 1 unspecified atom stereocenters. The maximum atomic E-state index is 11.8. The maximum Gasteiger partial charge on any atom is 0.389 e. The zero-order chi connectivity index (χ0) is 14.7. The highest BCUT2D eigenvalue weighted by Gasteiger charge is 2.25. The van der Waals surface area contributed by atoms with Crippen LogP contribution in [0.4, 0.5) is 13.2 Å². The fourth-order valence-corrected chi connectivity index (χ4v) is 1.55. The lowest BCUT2D eigenvalue weighted by Crippen LogP contribution is -2.31. The second-order valence-electron chi connectivity index (χ2n) is 5.19. The first-order valence-electron chi connectivity index (χ1n) is 6.84. The lowest BCUT2D eigenvalue weighted by molar-refractivity contribution is -0.135. The van der Waals surface area contributed by atoms with Gasteiger partial charge >= 0.3 is 6.18 Å². The monoisotopic (exact) mass is 285 g/mol. The highest BCUT2D eigenvalue weighted by molar-refractivity contribution is 4.60. The Kier molecular flexibility index (Phi) is 10.3. The van der Waals surface area contributed by atoms with E-state index in [4.69, 9.17) is 4.74 Å². The van der Waals surface area contributed by atoms with Gasteiger partial charge in [-0.3, -0.25) is 0 Å². The Labute approximate surface area is 113 Å². The first kappa shape index (κ1) is 18.7. The van der Waals surface area contributed by atoms with Crippen molar-refractivity contribution in [2.24, 2.45) is 5.92 Å². The molecule has 0 aromatic carbocycles. The molecule has 0 rings (SSSR count). The minimum absolute atomic E-state index is 0.0332. The van der Waals surface area contributed by atoms with E-state index in [0.29, 0.717) is 12.5 Å². The van der Waals surface area contributed by atoms with E-state index in [1.807, 2.05) is 0 Å². The molecule has 6 heteroatoms. The van der Waals surface area contributed by atoms with Crippen LogP contribution in [0, 0.1) is 5.92 Å².